The van der Waals surface area contributed by atoms with Gasteiger partial charge in [-0.2, -0.15) is 13.2 Å². The van der Waals surface area contributed by atoms with E-state index in [1.165, 1.54) is 12.1 Å². The summed E-state index contributed by atoms with van der Waals surface area (Å²) in [4.78, 5) is 25.0. The largest absolute Gasteiger partial charge is 0.481 e. The van der Waals surface area contributed by atoms with Crippen LogP contribution in [-0.4, -0.2) is 27.1 Å². The van der Waals surface area contributed by atoms with Crippen molar-refractivity contribution in [1.29, 1.82) is 0 Å². The third-order valence-electron chi connectivity index (χ3n) is 8.97. The molecule has 5 nitrogen and oxygen atoms in total. The van der Waals surface area contributed by atoms with Gasteiger partial charge < -0.3 is 15.0 Å². The van der Waals surface area contributed by atoms with Crippen molar-refractivity contribution in [2.75, 3.05) is 0 Å². The Labute approximate surface area is 207 Å². The predicted molar refractivity (Wildman–Crippen MR) is 130 cm³/mol. The number of hydrogen-bond donors (Lipinski definition) is 2. The SMILES string of the molecule is CCn1cc(C(=O)NC23CC(CC(=O)O)([C@@H]2C)[C@@H]3C)c2c(Cc3ccc(C(F)(F)F)cc3)cccc21. The molecule has 0 saturated heterocycles. The van der Waals surface area contributed by atoms with E-state index in [1.54, 1.807) is 0 Å². The lowest BCUT2D eigenvalue weighted by molar-refractivity contribution is -0.277. The number of rotatable bonds is 7. The molecule has 2 aromatic carbocycles. The summed E-state index contributed by atoms with van der Waals surface area (Å²) in [6.45, 7) is 6.67. The van der Waals surface area contributed by atoms with Gasteiger partial charge in [-0.05, 0) is 66.3 Å². The van der Waals surface area contributed by atoms with Crippen molar-refractivity contribution in [2.45, 2.75) is 58.3 Å². The summed E-state index contributed by atoms with van der Waals surface area (Å²) in [5, 5.41) is 13.4. The van der Waals surface area contributed by atoms with E-state index in [1.807, 2.05) is 49.7 Å². The number of halogens is 3. The van der Waals surface area contributed by atoms with Crippen LogP contribution in [0.4, 0.5) is 13.2 Å². The number of nitrogens with one attached hydrogen (secondary N) is 1. The molecule has 1 heterocycles. The third-order valence-corrected chi connectivity index (χ3v) is 8.97. The lowest BCUT2D eigenvalue weighted by atomic mass is 9.27. The molecule has 0 spiro atoms. The highest BCUT2D eigenvalue weighted by atomic mass is 19.4. The van der Waals surface area contributed by atoms with E-state index < -0.39 is 23.2 Å². The highest BCUT2D eigenvalue weighted by Gasteiger charge is 2.79. The number of hydrogen-bond acceptors (Lipinski definition) is 2. The van der Waals surface area contributed by atoms with Gasteiger partial charge in [0.25, 0.3) is 5.91 Å². The smallest absolute Gasteiger partial charge is 0.416 e. The number of benzene rings is 2. The number of alkyl halides is 3. The van der Waals surface area contributed by atoms with Crippen molar-refractivity contribution in [3.05, 3.63) is 70.9 Å². The van der Waals surface area contributed by atoms with Crippen molar-refractivity contribution in [1.82, 2.24) is 9.88 Å². The number of amides is 1. The fourth-order valence-corrected chi connectivity index (χ4v) is 6.80. The van der Waals surface area contributed by atoms with E-state index >= 15 is 0 Å². The Morgan fingerprint density at radius 3 is 2.33 bits per heavy atom. The van der Waals surface area contributed by atoms with Crippen molar-refractivity contribution < 1.29 is 27.9 Å². The molecule has 36 heavy (non-hydrogen) atoms. The highest BCUT2D eigenvalue weighted by Crippen LogP contribution is 2.76. The first-order valence-electron chi connectivity index (χ1n) is 12.2. The van der Waals surface area contributed by atoms with Gasteiger partial charge in [-0.1, -0.05) is 38.1 Å². The van der Waals surface area contributed by atoms with Gasteiger partial charge in [0.1, 0.15) is 0 Å². The van der Waals surface area contributed by atoms with Gasteiger partial charge in [-0.15, -0.1) is 0 Å². The lowest BCUT2D eigenvalue weighted by Crippen LogP contribution is -2.86. The zero-order valence-electron chi connectivity index (χ0n) is 20.4. The molecule has 0 aliphatic heterocycles. The van der Waals surface area contributed by atoms with Crippen LogP contribution < -0.4 is 5.32 Å². The first kappa shape index (κ1) is 24.4. The lowest BCUT2D eigenvalue weighted by Gasteiger charge is -2.80. The third kappa shape index (κ3) is 3.44. The Balaban J connectivity index is 1.45. The molecule has 6 rings (SSSR count). The number of aryl methyl sites for hydroxylation is 1. The summed E-state index contributed by atoms with van der Waals surface area (Å²) in [6.07, 6.45) is -1.39. The Morgan fingerprint density at radius 2 is 1.78 bits per heavy atom. The van der Waals surface area contributed by atoms with Crippen LogP contribution in [0.15, 0.2) is 48.7 Å². The molecule has 3 saturated carbocycles. The molecule has 2 atom stereocenters. The van der Waals surface area contributed by atoms with Gasteiger partial charge >= 0.3 is 12.1 Å². The van der Waals surface area contributed by atoms with Crippen LogP contribution in [0.2, 0.25) is 0 Å². The second-order valence-corrected chi connectivity index (χ2v) is 10.4. The molecule has 1 amide bonds. The molecule has 2 bridgehead atoms. The standard InChI is InChI=1S/C28H29F3N2O3/c1-4-33-14-21(25(36)32-27-15-26(16(27)2,17(27)3)13-23(34)35)24-19(6-5-7-22(24)33)12-18-8-10-20(11-9-18)28(29,30)31/h5-11,14,16-17H,4,12-13,15H2,1-3H3,(H,32,36)(H,34,35)/t16-,17-,26?,27?/m0/s1. The van der Waals surface area contributed by atoms with Crippen LogP contribution in [0.3, 0.4) is 0 Å². The Bertz CT molecular complexity index is 1350. The van der Waals surface area contributed by atoms with E-state index in [0.717, 1.165) is 34.2 Å². The molecular formula is C28H29F3N2O3. The second kappa shape index (κ2) is 8.11. The van der Waals surface area contributed by atoms with Gasteiger partial charge in [0.2, 0.25) is 0 Å². The van der Waals surface area contributed by atoms with Crippen molar-refractivity contribution in [3.63, 3.8) is 0 Å². The molecule has 3 aliphatic rings. The molecular weight excluding hydrogens is 469 g/mol. The molecule has 3 aromatic rings. The first-order valence-corrected chi connectivity index (χ1v) is 12.2. The molecule has 3 fully saturated rings. The molecule has 1 aromatic heterocycles. The average Bonchev–Trinajstić information content (AvgIpc) is 3.22. The Hall–Kier alpha value is -3.29. The molecule has 2 N–H and O–H groups in total. The highest BCUT2D eigenvalue weighted by molar-refractivity contribution is 6.08. The zero-order valence-corrected chi connectivity index (χ0v) is 20.4. The number of aliphatic carboxylic acids is 1. The fourth-order valence-electron chi connectivity index (χ4n) is 6.80. The molecule has 3 aliphatic carbocycles. The van der Waals surface area contributed by atoms with Crippen LogP contribution in [0.25, 0.3) is 10.9 Å². The van der Waals surface area contributed by atoms with Crippen molar-refractivity contribution >= 4 is 22.8 Å². The molecule has 190 valence electrons. The van der Waals surface area contributed by atoms with E-state index in [-0.39, 0.29) is 29.6 Å². The second-order valence-electron chi connectivity index (χ2n) is 10.4. The molecule has 0 radical (unpaired) electrons. The number of carbonyl (C=O) groups excluding carboxylic acids is 1. The first-order chi connectivity index (χ1) is 16.9. The van der Waals surface area contributed by atoms with Crippen LogP contribution in [0.1, 0.15) is 60.7 Å². The summed E-state index contributed by atoms with van der Waals surface area (Å²) >= 11 is 0. The average molecular weight is 499 g/mol. The maximum Gasteiger partial charge on any atom is 0.416 e. The van der Waals surface area contributed by atoms with Crippen molar-refractivity contribution in [2.24, 2.45) is 17.3 Å². The number of fused-ring (bicyclic) bond motifs is 1. The number of carboxylic acid groups (broad SMARTS) is 1. The van der Waals surface area contributed by atoms with Crippen LogP contribution in [0.5, 0.6) is 0 Å². The number of nitrogens with zero attached hydrogens (tertiary/aromatic N) is 1. The van der Waals surface area contributed by atoms with Gasteiger partial charge in [-0.25, -0.2) is 0 Å². The number of aromatic nitrogens is 1. The van der Waals surface area contributed by atoms with Gasteiger partial charge in [-0.3, -0.25) is 9.59 Å². The summed E-state index contributed by atoms with van der Waals surface area (Å²) in [7, 11) is 0. The minimum Gasteiger partial charge on any atom is -0.481 e. The molecule has 0 unspecified atom stereocenters. The minimum absolute atomic E-state index is 0.0752. The normalized spacial score (nSPS) is 26.8. The fraction of sp³-hybridized carbons (Fsp3) is 0.429. The zero-order chi connectivity index (χ0) is 26.0. The Kier molecular flexibility index (Phi) is 5.50. The monoisotopic (exact) mass is 498 g/mol. The maximum atomic E-state index is 13.6. The van der Waals surface area contributed by atoms with E-state index in [4.69, 9.17) is 0 Å². The Morgan fingerprint density at radius 1 is 1.11 bits per heavy atom. The topological polar surface area (TPSA) is 71.3 Å². The summed E-state index contributed by atoms with van der Waals surface area (Å²) < 4.78 is 40.9. The quantitative estimate of drug-likeness (QED) is 0.427. The summed E-state index contributed by atoms with van der Waals surface area (Å²) in [5.74, 6) is -0.862. The van der Waals surface area contributed by atoms with Gasteiger partial charge in [0.05, 0.1) is 17.5 Å². The van der Waals surface area contributed by atoms with Gasteiger partial charge in [0, 0.05) is 29.2 Å². The van der Waals surface area contributed by atoms with Crippen LogP contribution in [-0.2, 0) is 23.9 Å². The van der Waals surface area contributed by atoms with Crippen LogP contribution >= 0.6 is 0 Å². The summed E-state index contributed by atoms with van der Waals surface area (Å²) in [6, 6.07) is 10.9. The van der Waals surface area contributed by atoms with E-state index in [9.17, 15) is 27.9 Å². The maximum absolute atomic E-state index is 13.6. The van der Waals surface area contributed by atoms with E-state index in [0.29, 0.717) is 24.9 Å². The molecule has 8 heteroatoms. The van der Waals surface area contributed by atoms with Crippen molar-refractivity contribution in [3.8, 4) is 0 Å². The van der Waals surface area contributed by atoms with E-state index in [2.05, 4.69) is 5.32 Å². The van der Waals surface area contributed by atoms with Gasteiger partial charge in [0.15, 0.2) is 0 Å². The minimum atomic E-state index is -4.39. The number of carboxylic acids is 1. The number of carbonyl (C=O) groups is 2. The van der Waals surface area contributed by atoms with Crippen LogP contribution in [0, 0.1) is 17.3 Å². The predicted octanol–water partition coefficient (Wildman–Crippen LogP) is 5.89. The summed E-state index contributed by atoms with van der Waals surface area (Å²) in [5.41, 5.74) is 1.66.